The van der Waals surface area contributed by atoms with Crippen LogP contribution in [-0.4, -0.2) is 68.8 Å². The highest BCUT2D eigenvalue weighted by Gasteiger charge is 2.30. The highest BCUT2D eigenvalue weighted by Crippen LogP contribution is 2.44. The molecule has 2 aromatic rings. The molecule has 1 aliphatic carbocycles. The minimum atomic E-state index is -0.939. The minimum Gasteiger partial charge on any atom is -0.449 e. The van der Waals surface area contributed by atoms with E-state index in [-0.39, 0.29) is 74.2 Å². The van der Waals surface area contributed by atoms with E-state index in [0.29, 0.717) is 32.7 Å². The lowest BCUT2D eigenvalue weighted by Crippen LogP contribution is -2.42. The molecule has 0 spiro atoms. The number of benzene rings is 2. The van der Waals surface area contributed by atoms with Crippen molar-refractivity contribution in [3.05, 3.63) is 59.7 Å². The third kappa shape index (κ3) is 10.2. The Kier molecular flexibility index (Phi) is 14.4. The molecule has 0 saturated carbocycles. The molecule has 0 radical (unpaired) electrons. The quantitative estimate of drug-likeness (QED) is 0.182. The van der Waals surface area contributed by atoms with Crippen LogP contribution in [0.5, 0.6) is 0 Å². The Morgan fingerprint density at radius 3 is 2.02 bits per heavy atom. The zero-order valence-corrected chi connectivity index (χ0v) is 26.1. The molecule has 238 valence electrons. The van der Waals surface area contributed by atoms with Gasteiger partial charge >= 0.3 is 6.09 Å². The van der Waals surface area contributed by atoms with Gasteiger partial charge in [-0.2, -0.15) is 0 Å². The first-order chi connectivity index (χ1) is 21.3. The molecule has 9 heteroatoms. The second-order valence-corrected chi connectivity index (χ2v) is 11.1. The van der Waals surface area contributed by atoms with E-state index < -0.39 is 18.1 Å². The van der Waals surface area contributed by atoms with Crippen molar-refractivity contribution in [3.8, 4) is 11.1 Å². The molecule has 44 heavy (non-hydrogen) atoms. The SMILES string of the molecule is CCC(=O)CC(CC(=O)CCC(NC(=O)OCC1c2ccccc2-c2ccccc21)C(=O)CCCOCCOC)C(=O)CC. The van der Waals surface area contributed by atoms with Crippen LogP contribution in [0, 0.1) is 5.92 Å². The summed E-state index contributed by atoms with van der Waals surface area (Å²) in [6.45, 7) is 4.76. The third-order valence-corrected chi connectivity index (χ3v) is 8.03. The van der Waals surface area contributed by atoms with Gasteiger partial charge in [0.1, 0.15) is 24.0 Å². The van der Waals surface area contributed by atoms with Crippen molar-refractivity contribution < 1.29 is 38.2 Å². The summed E-state index contributed by atoms with van der Waals surface area (Å²) in [6.07, 6.45) is 0.448. The Labute approximate surface area is 260 Å². The van der Waals surface area contributed by atoms with Crippen LogP contribution in [0.4, 0.5) is 4.79 Å². The van der Waals surface area contributed by atoms with Gasteiger partial charge < -0.3 is 19.5 Å². The van der Waals surface area contributed by atoms with E-state index in [9.17, 15) is 24.0 Å². The van der Waals surface area contributed by atoms with Crippen molar-refractivity contribution in [1.82, 2.24) is 5.32 Å². The van der Waals surface area contributed by atoms with Crippen molar-refractivity contribution >= 4 is 29.2 Å². The number of hydrogen-bond acceptors (Lipinski definition) is 8. The van der Waals surface area contributed by atoms with E-state index in [0.717, 1.165) is 22.3 Å². The fraction of sp³-hybridized carbons (Fsp3) is 0.514. The first kappa shape index (κ1) is 34.8. The summed E-state index contributed by atoms with van der Waals surface area (Å²) in [4.78, 5) is 63.4. The molecule has 0 saturated heterocycles. The molecule has 1 amide bonds. The molecule has 0 heterocycles. The zero-order valence-electron chi connectivity index (χ0n) is 26.1. The van der Waals surface area contributed by atoms with Gasteiger partial charge in [0.25, 0.3) is 0 Å². The van der Waals surface area contributed by atoms with Crippen LogP contribution in [-0.2, 0) is 33.4 Å². The molecular weight excluding hydrogens is 562 g/mol. The monoisotopic (exact) mass is 607 g/mol. The molecule has 0 bridgehead atoms. The lowest BCUT2D eigenvalue weighted by Gasteiger charge is -2.20. The number of ketones is 4. The summed E-state index contributed by atoms with van der Waals surface area (Å²) < 4.78 is 16.1. The van der Waals surface area contributed by atoms with Crippen molar-refractivity contribution in [2.24, 2.45) is 5.92 Å². The smallest absolute Gasteiger partial charge is 0.407 e. The molecule has 0 aromatic heterocycles. The number of rotatable bonds is 21. The summed E-state index contributed by atoms with van der Waals surface area (Å²) in [5.41, 5.74) is 4.37. The standard InChI is InChI=1S/C35H45NO8/c1-4-25(37)21-24(33(39)5-2)22-26(38)16-17-32(34(40)15-10-18-43-20-19-42-3)36-35(41)44-23-31-29-13-8-6-11-27(29)28-12-7-9-14-30(28)31/h6-9,11-14,24,31-32H,4-5,10,15-23H2,1-3H3,(H,36,41). The Balaban J connectivity index is 1.62. The van der Waals surface area contributed by atoms with Crippen LogP contribution < -0.4 is 5.32 Å². The van der Waals surface area contributed by atoms with Gasteiger partial charge in [-0.3, -0.25) is 19.2 Å². The van der Waals surface area contributed by atoms with E-state index in [1.54, 1.807) is 21.0 Å². The molecular formula is C35H45NO8. The van der Waals surface area contributed by atoms with Crippen LogP contribution in [0.3, 0.4) is 0 Å². The van der Waals surface area contributed by atoms with Crippen LogP contribution in [0.25, 0.3) is 11.1 Å². The fourth-order valence-corrected chi connectivity index (χ4v) is 5.55. The highest BCUT2D eigenvalue weighted by atomic mass is 16.5. The lowest BCUT2D eigenvalue weighted by atomic mass is 9.88. The number of amides is 1. The predicted molar refractivity (Wildman–Crippen MR) is 166 cm³/mol. The van der Waals surface area contributed by atoms with Crippen LogP contribution in [0.15, 0.2) is 48.5 Å². The second-order valence-electron chi connectivity index (χ2n) is 11.1. The Morgan fingerprint density at radius 1 is 0.773 bits per heavy atom. The maximum Gasteiger partial charge on any atom is 0.407 e. The predicted octanol–water partition coefficient (Wildman–Crippen LogP) is 5.61. The first-order valence-corrected chi connectivity index (χ1v) is 15.6. The lowest BCUT2D eigenvalue weighted by molar-refractivity contribution is -0.131. The molecule has 1 N–H and O–H groups in total. The number of alkyl carbamates (subject to hydrolysis) is 1. The molecule has 9 nitrogen and oxygen atoms in total. The number of Topliss-reactive ketones (excluding diaryl/α,β-unsaturated/α-hetero) is 4. The maximum atomic E-state index is 13.2. The van der Waals surface area contributed by atoms with E-state index in [1.807, 2.05) is 36.4 Å². The van der Waals surface area contributed by atoms with Gasteiger partial charge in [-0.25, -0.2) is 4.79 Å². The number of fused-ring (bicyclic) bond motifs is 3. The van der Waals surface area contributed by atoms with E-state index in [2.05, 4.69) is 17.4 Å². The van der Waals surface area contributed by atoms with Gasteiger partial charge in [-0.15, -0.1) is 0 Å². The topological polar surface area (TPSA) is 125 Å². The van der Waals surface area contributed by atoms with E-state index in [1.165, 1.54) is 0 Å². The number of methoxy groups -OCH3 is 1. The molecule has 2 atom stereocenters. The molecule has 3 rings (SSSR count). The number of nitrogens with one attached hydrogen (secondary N) is 1. The fourth-order valence-electron chi connectivity index (χ4n) is 5.55. The normalized spacial score (nSPS) is 13.4. The second kappa shape index (κ2) is 18.2. The van der Waals surface area contributed by atoms with Crippen molar-refractivity contribution in [2.75, 3.05) is 33.5 Å². The number of hydrogen-bond donors (Lipinski definition) is 1. The highest BCUT2D eigenvalue weighted by molar-refractivity contribution is 5.92. The largest absolute Gasteiger partial charge is 0.449 e. The Morgan fingerprint density at radius 2 is 1.41 bits per heavy atom. The number of carbonyl (C=O) groups is 5. The molecule has 0 fully saturated rings. The average Bonchev–Trinajstić information content (AvgIpc) is 3.36. The average molecular weight is 608 g/mol. The van der Waals surface area contributed by atoms with Crippen molar-refractivity contribution in [3.63, 3.8) is 0 Å². The molecule has 2 aromatic carbocycles. The molecule has 0 aliphatic heterocycles. The summed E-state index contributed by atoms with van der Waals surface area (Å²) in [7, 11) is 1.58. The maximum absolute atomic E-state index is 13.2. The van der Waals surface area contributed by atoms with Crippen molar-refractivity contribution in [1.29, 1.82) is 0 Å². The van der Waals surface area contributed by atoms with Gasteiger partial charge in [0.05, 0.1) is 19.3 Å². The number of ether oxygens (including phenoxy) is 3. The van der Waals surface area contributed by atoms with Crippen LogP contribution in [0.1, 0.15) is 82.3 Å². The van der Waals surface area contributed by atoms with Gasteiger partial charge in [-0.05, 0) is 35.1 Å². The summed E-state index contributed by atoms with van der Waals surface area (Å²) in [6, 6.07) is 15.1. The van der Waals surface area contributed by atoms with Gasteiger partial charge in [0.15, 0.2) is 5.78 Å². The van der Waals surface area contributed by atoms with Gasteiger partial charge in [0.2, 0.25) is 0 Å². The van der Waals surface area contributed by atoms with E-state index in [4.69, 9.17) is 14.2 Å². The Hall–Kier alpha value is -3.69. The van der Waals surface area contributed by atoms with Crippen LogP contribution in [0.2, 0.25) is 0 Å². The summed E-state index contributed by atoms with van der Waals surface area (Å²) in [5.74, 6) is -1.44. The minimum absolute atomic E-state index is 0.0157. The zero-order chi connectivity index (χ0) is 31.9. The third-order valence-electron chi connectivity index (χ3n) is 8.03. The summed E-state index contributed by atoms with van der Waals surface area (Å²) in [5, 5.41) is 2.69. The molecule has 2 unspecified atom stereocenters. The number of carbonyl (C=O) groups excluding carboxylic acids is 5. The van der Waals surface area contributed by atoms with Crippen molar-refractivity contribution in [2.45, 2.75) is 77.2 Å². The van der Waals surface area contributed by atoms with E-state index >= 15 is 0 Å². The van der Waals surface area contributed by atoms with Gasteiger partial charge in [-0.1, -0.05) is 62.4 Å². The van der Waals surface area contributed by atoms with Crippen LogP contribution >= 0.6 is 0 Å². The molecule has 1 aliphatic rings. The first-order valence-electron chi connectivity index (χ1n) is 15.6. The van der Waals surface area contributed by atoms with Gasteiger partial charge in [0, 0.05) is 64.1 Å². The summed E-state index contributed by atoms with van der Waals surface area (Å²) >= 11 is 0. The Bertz CT molecular complexity index is 1240.